The summed E-state index contributed by atoms with van der Waals surface area (Å²) in [6, 6.07) is 0. The molecule has 0 aromatic carbocycles. The third kappa shape index (κ3) is 1.86. The molecular weight excluding hydrogens is 182 g/mol. The number of nitrogens with two attached hydrogens (primary N) is 1. The molecule has 5 nitrogen and oxygen atoms in total. The molecule has 14 heavy (non-hydrogen) atoms. The van der Waals surface area contributed by atoms with Gasteiger partial charge in [-0.05, 0) is 12.8 Å². The Kier molecular flexibility index (Phi) is 2.78. The van der Waals surface area contributed by atoms with E-state index in [-0.39, 0.29) is 11.4 Å². The van der Waals surface area contributed by atoms with Gasteiger partial charge in [-0.2, -0.15) is 5.10 Å². The fourth-order valence-electron chi connectivity index (χ4n) is 1.35. The van der Waals surface area contributed by atoms with Gasteiger partial charge < -0.3 is 10.8 Å². The van der Waals surface area contributed by atoms with E-state index < -0.39 is 5.97 Å². The topological polar surface area (TPSA) is 81.1 Å². The number of hydrogen-bond donors (Lipinski definition) is 2. The Bertz CT molecular complexity index is 355. The Balaban J connectivity index is 3.10. The number of rotatable bonds is 3. The van der Waals surface area contributed by atoms with Crippen LogP contribution in [0.2, 0.25) is 0 Å². The molecule has 0 unspecified atom stereocenters. The van der Waals surface area contributed by atoms with E-state index in [0.717, 1.165) is 0 Å². The number of aromatic nitrogens is 2. The van der Waals surface area contributed by atoms with Crippen LogP contribution >= 0.6 is 0 Å². The molecule has 0 aliphatic rings. The summed E-state index contributed by atoms with van der Waals surface area (Å²) in [5, 5.41) is 12.9. The average Bonchev–Trinajstić information content (AvgIpc) is 2.25. The summed E-state index contributed by atoms with van der Waals surface area (Å²) >= 11 is 0. The predicted octanol–water partition coefficient (Wildman–Crippen LogP) is 1.13. The minimum atomic E-state index is -1.02. The first kappa shape index (κ1) is 10.6. The van der Waals surface area contributed by atoms with Crippen molar-refractivity contribution in [3.8, 4) is 0 Å². The van der Waals surface area contributed by atoms with Gasteiger partial charge in [-0.1, -0.05) is 13.8 Å². The number of anilines is 1. The van der Waals surface area contributed by atoms with Crippen molar-refractivity contribution in [1.82, 2.24) is 9.78 Å². The maximum Gasteiger partial charge on any atom is 0.341 e. The Morgan fingerprint density at radius 1 is 1.64 bits per heavy atom. The molecule has 1 aromatic heterocycles. The molecule has 0 amide bonds. The van der Waals surface area contributed by atoms with Crippen molar-refractivity contribution in [2.75, 3.05) is 5.73 Å². The van der Waals surface area contributed by atoms with E-state index in [4.69, 9.17) is 10.8 Å². The van der Waals surface area contributed by atoms with Gasteiger partial charge >= 0.3 is 5.97 Å². The van der Waals surface area contributed by atoms with Gasteiger partial charge in [0.1, 0.15) is 11.4 Å². The van der Waals surface area contributed by atoms with Crippen molar-refractivity contribution < 1.29 is 9.90 Å². The van der Waals surface area contributed by atoms with Crippen LogP contribution in [-0.2, 0) is 6.54 Å². The number of hydrogen-bond acceptors (Lipinski definition) is 3. The number of aromatic carboxylic acids is 1. The van der Waals surface area contributed by atoms with E-state index in [1.807, 2.05) is 13.8 Å². The summed E-state index contributed by atoms with van der Waals surface area (Å²) in [5.74, 6) is -0.392. The van der Waals surface area contributed by atoms with Gasteiger partial charge in [-0.15, -0.1) is 0 Å². The number of aryl methyl sites for hydroxylation is 1. The lowest BCUT2D eigenvalue weighted by atomic mass is 10.2. The highest BCUT2D eigenvalue weighted by molar-refractivity contribution is 5.93. The summed E-state index contributed by atoms with van der Waals surface area (Å²) in [6.45, 7) is 6.34. The van der Waals surface area contributed by atoms with Crippen LogP contribution in [0.3, 0.4) is 0 Å². The number of carboxylic acids is 1. The Labute approximate surface area is 82.5 Å². The molecular formula is C9H15N3O2. The minimum Gasteiger partial charge on any atom is -0.477 e. The molecule has 0 saturated carbocycles. The van der Waals surface area contributed by atoms with Crippen LogP contribution in [0.5, 0.6) is 0 Å². The van der Waals surface area contributed by atoms with Gasteiger partial charge in [-0.25, -0.2) is 9.48 Å². The molecule has 0 aliphatic heterocycles. The first-order valence-corrected chi connectivity index (χ1v) is 4.49. The lowest BCUT2D eigenvalue weighted by molar-refractivity contribution is 0.0697. The fraction of sp³-hybridized carbons (Fsp3) is 0.556. The molecule has 78 valence electrons. The van der Waals surface area contributed by atoms with Gasteiger partial charge in [0.15, 0.2) is 0 Å². The summed E-state index contributed by atoms with van der Waals surface area (Å²) in [4.78, 5) is 10.8. The average molecular weight is 197 g/mol. The second kappa shape index (κ2) is 3.69. The summed E-state index contributed by atoms with van der Waals surface area (Å²) in [6.07, 6.45) is 0. The van der Waals surface area contributed by atoms with E-state index in [1.165, 1.54) is 0 Å². The molecule has 0 fully saturated rings. The van der Waals surface area contributed by atoms with Gasteiger partial charge in [-0.3, -0.25) is 0 Å². The second-order valence-electron chi connectivity index (χ2n) is 3.73. The van der Waals surface area contributed by atoms with Crippen LogP contribution in [-0.4, -0.2) is 20.9 Å². The van der Waals surface area contributed by atoms with Crippen LogP contribution < -0.4 is 5.73 Å². The molecule has 0 atom stereocenters. The fourth-order valence-corrected chi connectivity index (χ4v) is 1.35. The SMILES string of the molecule is Cc1nn(CC(C)C)c(N)c1C(=O)O. The number of carbonyl (C=O) groups is 1. The molecule has 0 spiro atoms. The highest BCUT2D eigenvalue weighted by Gasteiger charge is 2.18. The van der Waals surface area contributed by atoms with Crippen LogP contribution in [0.1, 0.15) is 29.9 Å². The van der Waals surface area contributed by atoms with E-state index in [0.29, 0.717) is 18.2 Å². The number of carboxylic acid groups (broad SMARTS) is 1. The number of nitrogens with zero attached hydrogens (tertiary/aromatic N) is 2. The molecule has 0 bridgehead atoms. The number of nitrogen functional groups attached to an aromatic ring is 1. The monoisotopic (exact) mass is 197 g/mol. The molecule has 1 heterocycles. The smallest absolute Gasteiger partial charge is 0.341 e. The predicted molar refractivity (Wildman–Crippen MR) is 53.2 cm³/mol. The Morgan fingerprint density at radius 3 is 2.57 bits per heavy atom. The lowest BCUT2D eigenvalue weighted by Crippen LogP contribution is -2.10. The van der Waals surface area contributed by atoms with Gasteiger partial charge in [0.05, 0.1) is 5.69 Å². The molecule has 1 rings (SSSR count). The molecule has 3 N–H and O–H groups in total. The van der Waals surface area contributed by atoms with Gasteiger partial charge in [0, 0.05) is 6.54 Å². The zero-order chi connectivity index (χ0) is 10.9. The lowest BCUT2D eigenvalue weighted by Gasteiger charge is -2.06. The minimum absolute atomic E-state index is 0.116. The van der Waals surface area contributed by atoms with E-state index in [1.54, 1.807) is 11.6 Å². The first-order valence-electron chi connectivity index (χ1n) is 4.49. The molecule has 0 radical (unpaired) electrons. The van der Waals surface area contributed by atoms with Gasteiger partial charge in [0.25, 0.3) is 0 Å². The quantitative estimate of drug-likeness (QED) is 0.761. The van der Waals surface area contributed by atoms with Crippen molar-refractivity contribution in [1.29, 1.82) is 0 Å². The summed E-state index contributed by atoms with van der Waals surface area (Å²) < 4.78 is 1.55. The van der Waals surface area contributed by atoms with Crippen molar-refractivity contribution in [2.24, 2.45) is 5.92 Å². The maximum atomic E-state index is 10.8. The van der Waals surface area contributed by atoms with Crippen LogP contribution in [0.25, 0.3) is 0 Å². The highest BCUT2D eigenvalue weighted by atomic mass is 16.4. The Morgan fingerprint density at radius 2 is 2.21 bits per heavy atom. The molecule has 1 aromatic rings. The standard InChI is InChI=1S/C9H15N3O2/c1-5(2)4-12-8(10)7(9(13)14)6(3)11-12/h5H,4,10H2,1-3H3,(H,13,14). The van der Waals surface area contributed by atoms with Crippen molar-refractivity contribution in [3.63, 3.8) is 0 Å². The molecule has 0 saturated heterocycles. The van der Waals surface area contributed by atoms with Gasteiger partial charge in [0.2, 0.25) is 0 Å². The summed E-state index contributed by atoms with van der Waals surface area (Å²) in [7, 11) is 0. The summed E-state index contributed by atoms with van der Waals surface area (Å²) in [5.41, 5.74) is 6.26. The molecule has 0 aliphatic carbocycles. The third-order valence-electron chi connectivity index (χ3n) is 1.92. The molecule has 5 heteroatoms. The van der Waals surface area contributed by atoms with Crippen LogP contribution in [0, 0.1) is 12.8 Å². The third-order valence-corrected chi connectivity index (χ3v) is 1.92. The van der Waals surface area contributed by atoms with Crippen molar-refractivity contribution in [2.45, 2.75) is 27.3 Å². The van der Waals surface area contributed by atoms with Crippen molar-refractivity contribution in [3.05, 3.63) is 11.3 Å². The van der Waals surface area contributed by atoms with Crippen molar-refractivity contribution >= 4 is 11.8 Å². The van der Waals surface area contributed by atoms with E-state index in [9.17, 15) is 4.79 Å². The van der Waals surface area contributed by atoms with E-state index >= 15 is 0 Å². The second-order valence-corrected chi connectivity index (χ2v) is 3.73. The van der Waals surface area contributed by atoms with Crippen LogP contribution in [0.4, 0.5) is 5.82 Å². The largest absolute Gasteiger partial charge is 0.477 e. The highest BCUT2D eigenvalue weighted by Crippen LogP contribution is 2.17. The zero-order valence-electron chi connectivity index (χ0n) is 8.61. The van der Waals surface area contributed by atoms with Crippen LogP contribution in [0.15, 0.2) is 0 Å². The normalized spacial score (nSPS) is 10.9. The first-order chi connectivity index (χ1) is 6.43. The van der Waals surface area contributed by atoms with E-state index in [2.05, 4.69) is 5.10 Å². The zero-order valence-corrected chi connectivity index (χ0v) is 8.61. The maximum absolute atomic E-state index is 10.8. The Hall–Kier alpha value is -1.52.